The summed E-state index contributed by atoms with van der Waals surface area (Å²) < 4.78 is 42.6. The Morgan fingerprint density at radius 3 is 2.56 bits per heavy atom. The van der Waals surface area contributed by atoms with Gasteiger partial charge in [0.25, 0.3) is 0 Å². The zero-order valence-corrected chi connectivity index (χ0v) is 18.7. The molecule has 0 aliphatic heterocycles. The summed E-state index contributed by atoms with van der Waals surface area (Å²) in [4.78, 5) is 23.7. The number of esters is 1. The fourth-order valence-electron chi connectivity index (χ4n) is 2.84. The van der Waals surface area contributed by atoms with Gasteiger partial charge in [-0.25, -0.2) is 18.4 Å². The van der Waals surface area contributed by atoms with E-state index in [9.17, 15) is 18.4 Å². The van der Waals surface area contributed by atoms with Gasteiger partial charge in [-0.05, 0) is 49.6 Å². The van der Waals surface area contributed by atoms with Crippen molar-refractivity contribution in [1.82, 2.24) is 0 Å². The van der Waals surface area contributed by atoms with Gasteiger partial charge in [0.2, 0.25) is 0 Å². The van der Waals surface area contributed by atoms with Crippen LogP contribution in [0, 0.1) is 11.6 Å². The maximum absolute atomic E-state index is 13.9. The van der Waals surface area contributed by atoms with Crippen molar-refractivity contribution in [1.29, 1.82) is 0 Å². The minimum absolute atomic E-state index is 0.120. The van der Waals surface area contributed by atoms with E-state index in [2.05, 4.69) is 5.32 Å². The smallest absolute Gasteiger partial charge is 0.412 e. The van der Waals surface area contributed by atoms with Crippen LogP contribution in [-0.2, 0) is 14.3 Å². The number of rotatable bonds is 12. The molecule has 1 amide bonds. The molecule has 9 heteroatoms. The summed E-state index contributed by atoms with van der Waals surface area (Å²) in [5.74, 6) is -1.59. The Morgan fingerprint density at radius 1 is 1.12 bits per heavy atom. The van der Waals surface area contributed by atoms with E-state index in [1.54, 1.807) is 49.4 Å². The number of hydrogen-bond donors (Lipinski definition) is 2. The molecule has 7 nitrogen and oxygen atoms in total. The minimum Gasteiger partial charge on any atom is -0.491 e. The van der Waals surface area contributed by atoms with Crippen LogP contribution in [0.1, 0.15) is 31.4 Å². The van der Waals surface area contributed by atoms with Crippen LogP contribution in [0.15, 0.2) is 66.8 Å². The van der Waals surface area contributed by atoms with Gasteiger partial charge in [0.05, 0.1) is 18.9 Å². The minimum atomic E-state index is -0.921. The molecule has 34 heavy (non-hydrogen) atoms. The Morgan fingerprint density at radius 2 is 1.88 bits per heavy atom. The molecule has 0 aliphatic carbocycles. The lowest BCUT2D eigenvalue weighted by molar-refractivity contribution is -0.137. The Hall–Kier alpha value is -3.72. The van der Waals surface area contributed by atoms with E-state index in [4.69, 9.17) is 19.3 Å². The molecule has 0 saturated carbocycles. The van der Waals surface area contributed by atoms with Crippen molar-refractivity contribution in [3.63, 3.8) is 0 Å². The molecule has 2 aromatic rings. The van der Waals surface area contributed by atoms with E-state index in [0.717, 1.165) is 12.1 Å². The number of carbonyl (C=O) groups excluding carboxylic acids is 2. The molecular weight excluding hydrogens is 448 g/mol. The Kier molecular flexibility index (Phi) is 11.3. The third-order valence-corrected chi connectivity index (χ3v) is 4.39. The number of carbonyl (C=O) groups is 2. The molecule has 182 valence electrons. The van der Waals surface area contributed by atoms with Crippen molar-refractivity contribution in [2.24, 2.45) is 0 Å². The molecule has 0 heterocycles. The molecular formula is C25H27F2NO6. The molecule has 0 saturated heterocycles. The first-order valence-electron chi connectivity index (χ1n) is 10.7. The highest BCUT2D eigenvalue weighted by atomic mass is 19.1. The molecule has 2 rings (SSSR count). The van der Waals surface area contributed by atoms with E-state index in [1.807, 2.05) is 0 Å². The number of anilines is 1. The molecule has 0 spiro atoms. The number of benzene rings is 2. The standard InChI is InChI=1S/C25H27F2NO6/c1-2-32-24(30)8-6-4-3-5-7-23(18-9-12-20(13-10-18)33-16-15-29)34-25(31)28-22-14-11-19(26)17-21(22)27/h3-4,6,8-14,17,23,29H,2,5,7,15-16H2,1H3,(H,28,31)/b4-3+,8-6+/t23-/m1/s1. The van der Waals surface area contributed by atoms with Gasteiger partial charge in [-0.2, -0.15) is 0 Å². The summed E-state index contributed by atoms with van der Waals surface area (Å²) in [6.45, 7) is 2.03. The second-order valence-corrected chi connectivity index (χ2v) is 6.90. The summed E-state index contributed by atoms with van der Waals surface area (Å²) >= 11 is 0. The molecule has 0 radical (unpaired) electrons. The van der Waals surface area contributed by atoms with Crippen LogP contribution in [0.25, 0.3) is 0 Å². The van der Waals surface area contributed by atoms with Crippen molar-refractivity contribution >= 4 is 17.7 Å². The summed E-state index contributed by atoms with van der Waals surface area (Å²) in [7, 11) is 0. The molecule has 0 aliphatic rings. The highest BCUT2D eigenvalue weighted by Gasteiger charge is 2.18. The van der Waals surface area contributed by atoms with Crippen LogP contribution in [0.4, 0.5) is 19.3 Å². The summed E-state index contributed by atoms with van der Waals surface area (Å²) in [5.41, 5.74) is 0.462. The SMILES string of the molecule is CCOC(=O)/C=C/C=C/CC[C@@H](OC(=O)Nc1ccc(F)cc1F)c1ccc(OCCO)cc1. The molecule has 0 unspecified atom stereocenters. The number of ether oxygens (including phenoxy) is 3. The lowest BCUT2D eigenvalue weighted by Crippen LogP contribution is -2.18. The third-order valence-electron chi connectivity index (χ3n) is 4.39. The molecule has 0 aromatic heterocycles. The maximum Gasteiger partial charge on any atom is 0.412 e. The van der Waals surface area contributed by atoms with Gasteiger partial charge in [-0.15, -0.1) is 0 Å². The first-order chi connectivity index (χ1) is 16.4. The second-order valence-electron chi connectivity index (χ2n) is 6.90. The first kappa shape index (κ1) is 26.5. The number of aliphatic hydroxyl groups excluding tert-OH is 1. The molecule has 0 fully saturated rings. The number of halogens is 2. The number of aliphatic hydroxyl groups is 1. The van der Waals surface area contributed by atoms with Gasteiger partial charge in [0, 0.05) is 12.1 Å². The topological polar surface area (TPSA) is 94.1 Å². The van der Waals surface area contributed by atoms with Gasteiger partial charge in [0.15, 0.2) is 0 Å². The maximum atomic E-state index is 13.9. The van der Waals surface area contributed by atoms with Crippen molar-refractivity contribution in [3.05, 3.63) is 84.0 Å². The van der Waals surface area contributed by atoms with Gasteiger partial charge in [0.1, 0.15) is 30.1 Å². The number of nitrogens with one attached hydrogen (secondary N) is 1. The quantitative estimate of drug-likeness (QED) is 0.253. The zero-order valence-electron chi connectivity index (χ0n) is 18.7. The predicted molar refractivity (Wildman–Crippen MR) is 122 cm³/mol. The molecule has 1 atom stereocenters. The number of hydrogen-bond acceptors (Lipinski definition) is 6. The van der Waals surface area contributed by atoms with E-state index < -0.39 is 29.8 Å². The molecule has 2 N–H and O–H groups in total. The molecule has 2 aromatic carbocycles. The lowest BCUT2D eigenvalue weighted by Gasteiger charge is -2.19. The fourth-order valence-corrected chi connectivity index (χ4v) is 2.84. The summed E-state index contributed by atoms with van der Waals surface area (Å²) in [6.07, 6.45) is 5.61. The second kappa shape index (κ2) is 14.4. The fraction of sp³-hybridized carbons (Fsp3) is 0.280. The Labute approximate surface area is 196 Å². The van der Waals surface area contributed by atoms with Crippen molar-refractivity contribution in [2.75, 3.05) is 25.1 Å². The van der Waals surface area contributed by atoms with Crippen LogP contribution in [0.5, 0.6) is 5.75 Å². The van der Waals surface area contributed by atoms with E-state index in [1.165, 1.54) is 6.08 Å². The van der Waals surface area contributed by atoms with Crippen molar-refractivity contribution < 1.29 is 37.7 Å². The van der Waals surface area contributed by atoms with E-state index in [-0.39, 0.29) is 18.9 Å². The van der Waals surface area contributed by atoms with Crippen LogP contribution < -0.4 is 10.1 Å². The summed E-state index contributed by atoms with van der Waals surface area (Å²) in [6, 6.07) is 9.57. The predicted octanol–water partition coefficient (Wildman–Crippen LogP) is 5.08. The van der Waals surface area contributed by atoms with Crippen molar-refractivity contribution in [2.45, 2.75) is 25.9 Å². The third kappa shape index (κ3) is 9.41. The summed E-state index contributed by atoms with van der Waals surface area (Å²) in [5, 5.41) is 11.1. The van der Waals surface area contributed by atoms with Gasteiger partial charge in [-0.1, -0.05) is 30.4 Å². The number of allylic oxidation sites excluding steroid dienone is 3. The lowest BCUT2D eigenvalue weighted by atomic mass is 10.0. The first-order valence-corrected chi connectivity index (χ1v) is 10.7. The van der Waals surface area contributed by atoms with Crippen LogP contribution >= 0.6 is 0 Å². The van der Waals surface area contributed by atoms with E-state index in [0.29, 0.717) is 36.8 Å². The van der Waals surface area contributed by atoms with Gasteiger partial charge >= 0.3 is 12.1 Å². The monoisotopic (exact) mass is 475 g/mol. The average Bonchev–Trinajstić information content (AvgIpc) is 2.81. The Balaban J connectivity index is 2.05. The van der Waals surface area contributed by atoms with Crippen molar-refractivity contribution in [3.8, 4) is 5.75 Å². The number of amides is 1. The average molecular weight is 475 g/mol. The van der Waals surface area contributed by atoms with Gasteiger partial charge in [-0.3, -0.25) is 5.32 Å². The highest BCUT2D eigenvalue weighted by Crippen LogP contribution is 2.26. The van der Waals surface area contributed by atoms with E-state index >= 15 is 0 Å². The van der Waals surface area contributed by atoms with Crippen LogP contribution in [0.3, 0.4) is 0 Å². The van der Waals surface area contributed by atoms with Crippen LogP contribution in [-0.4, -0.2) is 37.0 Å². The highest BCUT2D eigenvalue weighted by molar-refractivity contribution is 5.85. The van der Waals surface area contributed by atoms with Crippen LogP contribution in [0.2, 0.25) is 0 Å². The Bertz CT molecular complexity index is 991. The zero-order chi connectivity index (χ0) is 24.8. The molecule has 0 bridgehead atoms. The largest absolute Gasteiger partial charge is 0.491 e. The normalized spacial score (nSPS) is 12.0. The van der Waals surface area contributed by atoms with Gasteiger partial charge < -0.3 is 19.3 Å².